The molecule has 0 aliphatic carbocycles. The summed E-state index contributed by atoms with van der Waals surface area (Å²) in [6.07, 6.45) is 2.87. The van der Waals surface area contributed by atoms with E-state index in [9.17, 15) is 9.59 Å². The van der Waals surface area contributed by atoms with Crippen molar-refractivity contribution in [2.45, 2.75) is 6.92 Å². The van der Waals surface area contributed by atoms with Crippen LogP contribution in [0.5, 0.6) is 0 Å². The number of carboxylic acid groups (broad SMARTS) is 2. The average Bonchev–Trinajstić information content (AvgIpc) is 1.85. The molecular weight excluding hydrogens is 148 g/mol. The van der Waals surface area contributed by atoms with Crippen LogP contribution in [0.1, 0.15) is 6.92 Å². The van der Waals surface area contributed by atoms with Gasteiger partial charge in [-0.2, -0.15) is 0 Å². The summed E-state index contributed by atoms with van der Waals surface area (Å²) in [5.74, 6) is -2.51. The zero-order valence-electron chi connectivity index (χ0n) is 6.15. The largest absolute Gasteiger partial charge is 0.478 e. The quantitative estimate of drug-likeness (QED) is 0.462. The van der Waals surface area contributed by atoms with E-state index in [1.807, 2.05) is 6.92 Å². The second-order valence-electron chi connectivity index (χ2n) is 1.42. The van der Waals surface area contributed by atoms with E-state index in [1.165, 1.54) is 0 Å². The minimum Gasteiger partial charge on any atom is -0.478 e. The van der Waals surface area contributed by atoms with Crippen LogP contribution < -0.4 is 0 Å². The summed E-state index contributed by atoms with van der Waals surface area (Å²) in [6.45, 7) is 5.25. The molecule has 0 rings (SSSR count). The Hall–Kier alpha value is -1.58. The fourth-order valence-electron chi connectivity index (χ4n) is 0.143. The molecule has 0 aliphatic rings. The molecule has 0 spiro atoms. The summed E-state index contributed by atoms with van der Waals surface area (Å²) in [7, 11) is 0. The van der Waals surface area contributed by atoms with Gasteiger partial charge in [-0.1, -0.05) is 6.08 Å². The van der Waals surface area contributed by atoms with Crippen LogP contribution in [0.2, 0.25) is 0 Å². The molecule has 0 radical (unpaired) electrons. The Morgan fingerprint density at radius 3 is 1.45 bits per heavy atom. The number of carbonyl (C=O) groups is 2. The lowest BCUT2D eigenvalue weighted by atomic mass is 10.5. The number of aliphatic carboxylic acids is 2. The van der Waals surface area contributed by atoms with Crippen LogP contribution in [0.3, 0.4) is 0 Å². The maximum atomic E-state index is 9.55. The first-order valence-corrected chi connectivity index (χ1v) is 2.75. The molecule has 0 unspecified atom stereocenters. The molecule has 0 saturated heterocycles. The van der Waals surface area contributed by atoms with Crippen molar-refractivity contribution in [1.82, 2.24) is 0 Å². The van der Waals surface area contributed by atoms with Gasteiger partial charge >= 0.3 is 11.9 Å². The molecule has 0 heterocycles. The molecule has 0 aliphatic heterocycles. The summed E-state index contributed by atoms with van der Waals surface area (Å²) in [6, 6.07) is 0. The molecule has 0 bridgehead atoms. The number of hydrogen-bond acceptors (Lipinski definition) is 2. The highest BCUT2D eigenvalue weighted by molar-refractivity contribution is 5.89. The van der Waals surface area contributed by atoms with Crippen LogP contribution in [0, 0.1) is 0 Å². The van der Waals surface area contributed by atoms with E-state index in [0.29, 0.717) is 12.2 Å². The molecule has 0 fully saturated rings. The van der Waals surface area contributed by atoms with Crippen molar-refractivity contribution >= 4 is 11.9 Å². The van der Waals surface area contributed by atoms with Crippen molar-refractivity contribution < 1.29 is 19.8 Å². The Bertz CT molecular complexity index is 153. The monoisotopic (exact) mass is 158 g/mol. The number of hydrogen-bond donors (Lipinski definition) is 2. The fourth-order valence-corrected chi connectivity index (χ4v) is 0.143. The Balaban J connectivity index is 0. The van der Waals surface area contributed by atoms with E-state index >= 15 is 0 Å². The minimum absolute atomic E-state index is 0.558. The summed E-state index contributed by atoms with van der Waals surface area (Å²) < 4.78 is 0. The van der Waals surface area contributed by atoms with Gasteiger partial charge in [0.05, 0.1) is 0 Å². The van der Waals surface area contributed by atoms with Gasteiger partial charge in [0.2, 0.25) is 0 Å². The Morgan fingerprint density at radius 1 is 1.18 bits per heavy atom. The van der Waals surface area contributed by atoms with E-state index in [1.54, 1.807) is 6.08 Å². The van der Waals surface area contributed by atoms with Crippen molar-refractivity contribution in [2.75, 3.05) is 0 Å². The summed E-state index contributed by atoms with van der Waals surface area (Å²) in [4.78, 5) is 19.1. The van der Waals surface area contributed by atoms with Crippen molar-refractivity contribution in [3.63, 3.8) is 0 Å². The molecule has 2 N–H and O–H groups in total. The maximum absolute atomic E-state index is 9.55. The lowest BCUT2D eigenvalue weighted by molar-refractivity contribution is -0.134. The highest BCUT2D eigenvalue weighted by Crippen LogP contribution is 1.70. The maximum Gasteiger partial charge on any atom is 0.328 e. The molecule has 11 heavy (non-hydrogen) atoms. The van der Waals surface area contributed by atoms with Gasteiger partial charge in [0.1, 0.15) is 0 Å². The first kappa shape index (κ1) is 12.1. The molecular formula is C7H10O4. The van der Waals surface area contributed by atoms with Crippen LogP contribution in [-0.4, -0.2) is 22.2 Å². The van der Waals surface area contributed by atoms with Gasteiger partial charge in [0.15, 0.2) is 0 Å². The molecule has 0 aromatic rings. The van der Waals surface area contributed by atoms with Gasteiger partial charge in [0, 0.05) is 12.2 Å². The molecule has 0 atom stereocenters. The van der Waals surface area contributed by atoms with Crippen LogP contribution in [0.4, 0.5) is 0 Å². The first-order valence-electron chi connectivity index (χ1n) is 2.75. The predicted octanol–water partition coefficient (Wildman–Crippen LogP) is 0.904. The standard InChI is InChI=1S/C4H4O4.C3H6/c5-3(6)1-2-4(7)8;1-3-2/h1-2H,(H,5,6)(H,7,8);3H,1H2,2H3/b2-1+;. The third-order valence-electron chi connectivity index (χ3n) is 0.368. The van der Waals surface area contributed by atoms with Gasteiger partial charge in [-0.3, -0.25) is 0 Å². The van der Waals surface area contributed by atoms with Gasteiger partial charge < -0.3 is 10.2 Å². The van der Waals surface area contributed by atoms with Gasteiger partial charge in [-0.15, -0.1) is 6.58 Å². The van der Waals surface area contributed by atoms with Crippen LogP contribution in [-0.2, 0) is 9.59 Å². The SMILES string of the molecule is C=CC.O=C(O)/C=C/C(=O)O. The summed E-state index contributed by atoms with van der Waals surface area (Å²) in [5, 5.41) is 15.6. The Labute approximate surface area is 64.5 Å². The number of allylic oxidation sites excluding steroid dienone is 1. The molecule has 0 aromatic carbocycles. The van der Waals surface area contributed by atoms with Crippen molar-refractivity contribution in [3.8, 4) is 0 Å². The Morgan fingerprint density at radius 2 is 1.36 bits per heavy atom. The molecule has 62 valence electrons. The van der Waals surface area contributed by atoms with Crippen LogP contribution in [0.15, 0.2) is 24.8 Å². The second kappa shape index (κ2) is 8.42. The topological polar surface area (TPSA) is 74.6 Å². The minimum atomic E-state index is -1.26. The van der Waals surface area contributed by atoms with Crippen LogP contribution in [0.25, 0.3) is 0 Å². The summed E-state index contributed by atoms with van der Waals surface area (Å²) in [5.41, 5.74) is 0. The predicted molar refractivity (Wildman–Crippen MR) is 40.3 cm³/mol. The normalized spacial score (nSPS) is 8.09. The molecule has 4 heteroatoms. The highest BCUT2D eigenvalue weighted by Gasteiger charge is 1.88. The number of carboxylic acids is 2. The Kier molecular flexibility index (Phi) is 9.29. The number of rotatable bonds is 2. The van der Waals surface area contributed by atoms with Crippen LogP contribution >= 0.6 is 0 Å². The molecule has 4 nitrogen and oxygen atoms in total. The zero-order chi connectivity index (χ0) is 9.28. The van der Waals surface area contributed by atoms with Crippen molar-refractivity contribution in [3.05, 3.63) is 24.8 Å². The first-order chi connectivity index (χ1) is 5.04. The fraction of sp³-hybridized carbons (Fsp3) is 0.143. The smallest absolute Gasteiger partial charge is 0.328 e. The van der Waals surface area contributed by atoms with Crippen molar-refractivity contribution in [1.29, 1.82) is 0 Å². The zero-order valence-corrected chi connectivity index (χ0v) is 6.15. The van der Waals surface area contributed by atoms with E-state index in [2.05, 4.69) is 6.58 Å². The van der Waals surface area contributed by atoms with Gasteiger partial charge in [0.25, 0.3) is 0 Å². The summed E-state index contributed by atoms with van der Waals surface area (Å²) >= 11 is 0. The second-order valence-corrected chi connectivity index (χ2v) is 1.42. The lowest BCUT2D eigenvalue weighted by Crippen LogP contribution is -1.91. The van der Waals surface area contributed by atoms with Gasteiger partial charge in [-0.05, 0) is 6.92 Å². The molecule has 0 saturated carbocycles. The van der Waals surface area contributed by atoms with E-state index in [4.69, 9.17) is 10.2 Å². The molecule has 0 aromatic heterocycles. The third kappa shape index (κ3) is 29.7. The van der Waals surface area contributed by atoms with Gasteiger partial charge in [-0.25, -0.2) is 9.59 Å². The van der Waals surface area contributed by atoms with Crippen molar-refractivity contribution in [2.24, 2.45) is 0 Å². The van der Waals surface area contributed by atoms with E-state index in [-0.39, 0.29) is 0 Å². The molecule has 0 amide bonds. The highest BCUT2D eigenvalue weighted by atomic mass is 16.4. The lowest BCUT2D eigenvalue weighted by Gasteiger charge is -1.74. The van der Waals surface area contributed by atoms with E-state index in [0.717, 1.165) is 0 Å². The third-order valence-corrected chi connectivity index (χ3v) is 0.368. The average molecular weight is 158 g/mol. The van der Waals surface area contributed by atoms with E-state index < -0.39 is 11.9 Å².